The Labute approximate surface area is 193 Å². The molecule has 4 rings (SSSR count). The quantitative estimate of drug-likeness (QED) is 0.309. The molecule has 0 aliphatic heterocycles. The number of nitrogens with one attached hydrogen (secondary N) is 1. The predicted molar refractivity (Wildman–Crippen MR) is 130 cm³/mol. The van der Waals surface area contributed by atoms with Crippen molar-refractivity contribution in [3.63, 3.8) is 0 Å². The number of fused-ring (bicyclic) bond motifs is 1. The molecule has 2 heterocycles. The van der Waals surface area contributed by atoms with Crippen molar-refractivity contribution in [2.45, 2.75) is 32.9 Å². The lowest BCUT2D eigenvalue weighted by Crippen LogP contribution is -2.22. The van der Waals surface area contributed by atoms with Gasteiger partial charge in [0.15, 0.2) is 5.16 Å². The van der Waals surface area contributed by atoms with Crippen molar-refractivity contribution in [1.82, 2.24) is 9.55 Å². The van der Waals surface area contributed by atoms with Crippen molar-refractivity contribution < 1.29 is 9.18 Å². The van der Waals surface area contributed by atoms with Gasteiger partial charge in [-0.2, -0.15) is 0 Å². The van der Waals surface area contributed by atoms with Crippen LogP contribution in [0, 0.1) is 33.5 Å². The molecule has 1 N–H and O–H groups in total. The Morgan fingerprint density at radius 3 is 2.50 bits per heavy atom. The van der Waals surface area contributed by atoms with Crippen molar-refractivity contribution in [2.24, 2.45) is 0 Å². The van der Waals surface area contributed by atoms with E-state index in [9.17, 15) is 14.0 Å². The Morgan fingerprint density at radius 2 is 1.81 bits per heavy atom. The van der Waals surface area contributed by atoms with E-state index in [1.54, 1.807) is 25.1 Å². The van der Waals surface area contributed by atoms with E-state index < -0.39 is 0 Å². The highest BCUT2D eigenvalue weighted by atomic mass is 32.2. The number of hydrogen-bond donors (Lipinski definition) is 1. The van der Waals surface area contributed by atoms with Crippen LogP contribution in [0.3, 0.4) is 0 Å². The molecule has 164 valence electrons. The standard InChI is InChI=1S/C24H22FN3O2S2/c1-13-9-15(3)21(16(4)10-13)27-20(29)12-32-24-26-19-7-8-31-22(19)23(30)28(24)17-5-6-18(25)14(2)11-17/h5-11H,12H2,1-4H3,(H,27,29). The monoisotopic (exact) mass is 467 g/mol. The number of thioether (sulfide) groups is 1. The number of aromatic nitrogens is 2. The zero-order valence-electron chi connectivity index (χ0n) is 18.2. The Balaban J connectivity index is 1.66. The molecule has 0 saturated carbocycles. The van der Waals surface area contributed by atoms with E-state index in [1.165, 1.54) is 33.7 Å². The summed E-state index contributed by atoms with van der Waals surface area (Å²) in [5.74, 6) is -0.453. The summed E-state index contributed by atoms with van der Waals surface area (Å²) >= 11 is 2.49. The number of benzene rings is 2. The Hall–Kier alpha value is -2.97. The van der Waals surface area contributed by atoms with Crippen molar-refractivity contribution in [2.75, 3.05) is 11.1 Å². The number of halogens is 1. The van der Waals surface area contributed by atoms with Gasteiger partial charge in [0.05, 0.1) is 17.0 Å². The SMILES string of the molecule is Cc1cc(C)c(NC(=O)CSc2nc3ccsc3c(=O)n2-c2ccc(F)c(C)c2)c(C)c1. The molecule has 0 atom stereocenters. The number of nitrogens with zero attached hydrogens (tertiary/aromatic N) is 2. The fourth-order valence-corrected chi connectivity index (χ4v) is 5.24. The zero-order chi connectivity index (χ0) is 23.0. The lowest BCUT2D eigenvalue weighted by Gasteiger charge is -2.14. The maximum Gasteiger partial charge on any atom is 0.276 e. The van der Waals surface area contributed by atoms with Crippen LogP contribution in [0.4, 0.5) is 10.1 Å². The van der Waals surface area contributed by atoms with Crippen LogP contribution in [-0.2, 0) is 4.79 Å². The van der Waals surface area contributed by atoms with Crippen molar-refractivity contribution >= 4 is 44.9 Å². The van der Waals surface area contributed by atoms with Gasteiger partial charge in [-0.25, -0.2) is 9.37 Å². The molecule has 4 aromatic rings. The number of thiophene rings is 1. The van der Waals surface area contributed by atoms with Gasteiger partial charge in [-0.15, -0.1) is 11.3 Å². The van der Waals surface area contributed by atoms with Crippen molar-refractivity contribution in [3.8, 4) is 5.69 Å². The maximum atomic E-state index is 13.8. The molecule has 2 aromatic heterocycles. The van der Waals surface area contributed by atoms with E-state index in [0.717, 1.165) is 22.4 Å². The number of hydrogen-bond acceptors (Lipinski definition) is 5. The van der Waals surface area contributed by atoms with Crippen LogP contribution < -0.4 is 10.9 Å². The molecular weight excluding hydrogens is 445 g/mol. The summed E-state index contributed by atoms with van der Waals surface area (Å²) in [6, 6.07) is 10.3. The molecule has 0 aliphatic carbocycles. The van der Waals surface area contributed by atoms with Gasteiger partial charge >= 0.3 is 0 Å². The molecule has 5 nitrogen and oxygen atoms in total. The summed E-state index contributed by atoms with van der Waals surface area (Å²) in [5, 5.41) is 5.17. The molecular formula is C24H22FN3O2S2. The van der Waals surface area contributed by atoms with E-state index in [-0.39, 0.29) is 23.0 Å². The van der Waals surface area contributed by atoms with Gasteiger partial charge < -0.3 is 5.32 Å². The predicted octanol–water partition coefficient (Wildman–Crippen LogP) is 5.55. The Morgan fingerprint density at radius 1 is 1.09 bits per heavy atom. The average molecular weight is 468 g/mol. The van der Waals surface area contributed by atoms with Gasteiger partial charge in [0, 0.05) is 5.69 Å². The van der Waals surface area contributed by atoms with E-state index in [1.807, 2.05) is 38.3 Å². The summed E-state index contributed by atoms with van der Waals surface area (Å²) in [5.41, 5.74) is 5.24. The molecule has 0 spiro atoms. The van der Waals surface area contributed by atoms with Crippen LogP contribution >= 0.6 is 23.1 Å². The normalized spacial score (nSPS) is 11.2. The zero-order valence-corrected chi connectivity index (χ0v) is 19.8. The van der Waals surface area contributed by atoms with E-state index in [4.69, 9.17) is 0 Å². The molecule has 0 bridgehead atoms. The fourth-order valence-electron chi connectivity index (χ4n) is 3.67. The van der Waals surface area contributed by atoms with Gasteiger partial charge in [0.25, 0.3) is 5.56 Å². The minimum absolute atomic E-state index is 0.0784. The second kappa shape index (κ2) is 8.88. The molecule has 0 unspecified atom stereocenters. The third kappa shape index (κ3) is 4.33. The van der Waals surface area contributed by atoms with Gasteiger partial charge in [-0.3, -0.25) is 14.2 Å². The molecule has 32 heavy (non-hydrogen) atoms. The third-order valence-electron chi connectivity index (χ3n) is 5.12. The summed E-state index contributed by atoms with van der Waals surface area (Å²) in [4.78, 5) is 30.5. The highest BCUT2D eigenvalue weighted by molar-refractivity contribution is 7.99. The van der Waals surface area contributed by atoms with E-state index >= 15 is 0 Å². The van der Waals surface area contributed by atoms with Gasteiger partial charge in [-0.05, 0) is 74.0 Å². The second-order valence-electron chi connectivity index (χ2n) is 7.71. The second-order valence-corrected chi connectivity index (χ2v) is 9.57. The van der Waals surface area contributed by atoms with Gasteiger partial charge in [0.1, 0.15) is 10.5 Å². The number of aryl methyl sites for hydroxylation is 4. The first kappa shape index (κ1) is 22.2. The lowest BCUT2D eigenvalue weighted by atomic mass is 10.1. The highest BCUT2D eigenvalue weighted by Crippen LogP contribution is 2.26. The summed E-state index contributed by atoms with van der Waals surface area (Å²) < 4.78 is 15.8. The Kier molecular flexibility index (Phi) is 6.17. The minimum Gasteiger partial charge on any atom is -0.325 e. The fraction of sp³-hybridized carbons (Fsp3) is 0.208. The molecule has 2 aromatic carbocycles. The molecule has 0 saturated heterocycles. The number of anilines is 1. The van der Waals surface area contributed by atoms with Crippen LogP contribution in [0.1, 0.15) is 22.3 Å². The van der Waals surface area contributed by atoms with Crippen LogP contribution in [0.5, 0.6) is 0 Å². The van der Waals surface area contributed by atoms with E-state index in [2.05, 4.69) is 10.3 Å². The molecule has 0 aliphatic rings. The molecule has 8 heteroatoms. The lowest BCUT2D eigenvalue weighted by molar-refractivity contribution is -0.113. The van der Waals surface area contributed by atoms with E-state index in [0.29, 0.717) is 26.6 Å². The average Bonchev–Trinajstić information content (AvgIpc) is 3.20. The summed E-state index contributed by atoms with van der Waals surface area (Å²) in [6.07, 6.45) is 0. The van der Waals surface area contributed by atoms with Crippen molar-refractivity contribution in [3.05, 3.63) is 80.2 Å². The topological polar surface area (TPSA) is 64.0 Å². The van der Waals surface area contributed by atoms with Crippen LogP contribution in [0.15, 0.2) is 51.7 Å². The highest BCUT2D eigenvalue weighted by Gasteiger charge is 2.17. The Bertz CT molecular complexity index is 1390. The van der Waals surface area contributed by atoms with Crippen molar-refractivity contribution in [1.29, 1.82) is 0 Å². The summed E-state index contributed by atoms with van der Waals surface area (Å²) in [7, 11) is 0. The number of rotatable bonds is 5. The van der Waals surface area contributed by atoms with Crippen LogP contribution in [0.25, 0.3) is 15.9 Å². The van der Waals surface area contributed by atoms with Gasteiger partial charge in [-0.1, -0.05) is 29.5 Å². The smallest absolute Gasteiger partial charge is 0.276 e. The molecule has 0 radical (unpaired) electrons. The molecule has 1 amide bonds. The first-order valence-corrected chi connectivity index (χ1v) is 11.9. The first-order chi connectivity index (χ1) is 15.2. The summed E-state index contributed by atoms with van der Waals surface area (Å²) in [6.45, 7) is 7.59. The first-order valence-electron chi connectivity index (χ1n) is 10.0. The minimum atomic E-state index is -0.343. The largest absolute Gasteiger partial charge is 0.325 e. The van der Waals surface area contributed by atoms with Crippen LogP contribution in [0.2, 0.25) is 0 Å². The number of amides is 1. The van der Waals surface area contributed by atoms with Gasteiger partial charge in [0.2, 0.25) is 5.91 Å². The third-order valence-corrected chi connectivity index (χ3v) is 6.95. The molecule has 0 fully saturated rings. The van der Waals surface area contributed by atoms with Crippen LogP contribution in [-0.4, -0.2) is 21.2 Å². The maximum absolute atomic E-state index is 13.8. The number of carbonyl (C=O) groups is 1. The number of carbonyl (C=O) groups excluding carboxylic acids is 1.